The van der Waals surface area contributed by atoms with E-state index in [0.717, 1.165) is 10.5 Å². The Balaban J connectivity index is 1.65. The van der Waals surface area contributed by atoms with Gasteiger partial charge >= 0.3 is 0 Å². The molecule has 2 aliphatic rings. The Hall–Kier alpha value is -2.99. The predicted octanol–water partition coefficient (Wildman–Crippen LogP) is 2.78. The minimum Gasteiger partial charge on any atom is -0.381 e. The van der Waals surface area contributed by atoms with Gasteiger partial charge < -0.3 is 4.84 Å². The molecule has 0 aromatic heterocycles. The van der Waals surface area contributed by atoms with Crippen molar-refractivity contribution in [2.45, 2.75) is 13.0 Å². The summed E-state index contributed by atoms with van der Waals surface area (Å²) in [7, 11) is 0. The smallest absolute Gasteiger partial charge is 0.278 e. The molecule has 0 saturated carbocycles. The van der Waals surface area contributed by atoms with Gasteiger partial charge in [-0.25, -0.2) is 4.90 Å². The van der Waals surface area contributed by atoms with Gasteiger partial charge in [-0.1, -0.05) is 46.6 Å². The Kier molecular flexibility index (Phi) is 3.85. The molecule has 1 fully saturated rings. The second kappa shape index (κ2) is 6.07. The third-order valence-electron chi connectivity index (χ3n) is 4.44. The lowest BCUT2D eigenvalue weighted by molar-refractivity contribution is -0.126. The molecule has 2 unspecified atom stereocenters. The summed E-state index contributed by atoms with van der Waals surface area (Å²) in [5, 5.41) is 4.23. The Morgan fingerprint density at radius 1 is 1.04 bits per heavy atom. The molecular formula is C19H13ClN2O4. The second-order valence-electron chi connectivity index (χ2n) is 6.16. The molecule has 0 bridgehead atoms. The normalized spacial score (nSPS) is 21.5. The summed E-state index contributed by atoms with van der Waals surface area (Å²) in [4.78, 5) is 44.3. The summed E-state index contributed by atoms with van der Waals surface area (Å²) in [5.41, 5.74) is 1.73. The number of fused-ring (bicyclic) bond motifs is 1. The average molecular weight is 369 g/mol. The fourth-order valence-electron chi connectivity index (χ4n) is 3.06. The highest BCUT2D eigenvalue weighted by Gasteiger charge is 2.57. The first-order valence-electron chi connectivity index (χ1n) is 7.96. The maximum absolute atomic E-state index is 12.8. The van der Waals surface area contributed by atoms with Gasteiger partial charge in [-0.05, 0) is 31.2 Å². The molecule has 0 spiro atoms. The van der Waals surface area contributed by atoms with E-state index in [-0.39, 0.29) is 5.71 Å². The van der Waals surface area contributed by atoms with Crippen molar-refractivity contribution in [2.75, 3.05) is 4.90 Å². The quantitative estimate of drug-likeness (QED) is 0.616. The van der Waals surface area contributed by atoms with Crippen LogP contribution in [-0.2, 0) is 14.4 Å². The van der Waals surface area contributed by atoms with Gasteiger partial charge in [-0.2, -0.15) is 0 Å². The first-order valence-corrected chi connectivity index (χ1v) is 8.33. The summed E-state index contributed by atoms with van der Waals surface area (Å²) in [6, 6.07) is 13.2. The largest absolute Gasteiger partial charge is 0.381 e. The van der Waals surface area contributed by atoms with Crippen LogP contribution in [0.2, 0.25) is 5.02 Å². The van der Waals surface area contributed by atoms with Crippen LogP contribution >= 0.6 is 11.6 Å². The SMILES string of the molecule is Cc1ccc(C(=O)C2=NOC3C(=O)N(c4ccc(Cl)cc4)C(=O)C23)cc1. The molecule has 4 rings (SSSR count). The standard InChI is InChI=1S/C19H13ClN2O4/c1-10-2-4-11(5-3-10)16(23)15-14-17(26-21-15)19(25)22(18(14)24)13-8-6-12(20)7-9-13/h2-9,14,17H,1H3. The zero-order chi connectivity index (χ0) is 18.4. The average Bonchev–Trinajstić information content (AvgIpc) is 3.17. The highest BCUT2D eigenvalue weighted by molar-refractivity contribution is 6.52. The van der Waals surface area contributed by atoms with Crippen LogP contribution < -0.4 is 4.90 Å². The van der Waals surface area contributed by atoms with Crippen molar-refractivity contribution in [1.82, 2.24) is 0 Å². The number of aryl methyl sites for hydroxylation is 1. The van der Waals surface area contributed by atoms with Gasteiger partial charge in [0.1, 0.15) is 11.6 Å². The summed E-state index contributed by atoms with van der Waals surface area (Å²) < 4.78 is 0. The Bertz CT molecular complexity index is 951. The molecule has 0 radical (unpaired) electrons. The maximum atomic E-state index is 12.8. The van der Waals surface area contributed by atoms with Gasteiger partial charge in [0.15, 0.2) is 0 Å². The molecule has 2 heterocycles. The number of imide groups is 1. The summed E-state index contributed by atoms with van der Waals surface area (Å²) in [6.45, 7) is 1.91. The van der Waals surface area contributed by atoms with Crippen molar-refractivity contribution in [3.8, 4) is 0 Å². The van der Waals surface area contributed by atoms with Crippen LogP contribution in [0.25, 0.3) is 0 Å². The van der Waals surface area contributed by atoms with E-state index in [9.17, 15) is 14.4 Å². The van der Waals surface area contributed by atoms with Crippen LogP contribution in [-0.4, -0.2) is 29.4 Å². The fourth-order valence-corrected chi connectivity index (χ4v) is 3.19. The van der Waals surface area contributed by atoms with Gasteiger partial charge in [0, 0.05) is 10.6 Å². The van der Waals surface area contributed by atoms with E-state index >= 15 is 0 Å². The lowest BCUT2D eigenvalue weighted by Crippen LogP contribution is -2.34. The van der Waals surface area contributed by atoms with Gasteiger partial charge in [0.05, 0.1) is 5.69 Å². The van der Waals surface area contributed by atoms with E-state index in [1.54, 1.807) is 48.5 Å². The van der Waals surface area contributed by atoms with Gasteiger partial charge in [-0.3, -0.25) is 14.4 Å². The van der Waals surface area contributed by atoms with E-state index in [1.807, 2.05) is 6.92 Å². The van der Waals surface area contributed by atoms with Crippen molar-refractivity contribution in [3.63, 3.8) is 0 Å². The number of halogens is 1. The Morgan fingerprint density at radius 3 is 2.35 bits per heavy atom. The molecule has 0 aliphatic carbocycles. The zero-order valence-corrected chi connectivity index (χ0v) is 14.4. The van der Waals surface area contributed by atoms with Crippen molar-refractivity contribution < 1.29 is 19.2 Å². The number of carbonyl (C=O) groups is 3. The van der Waals surface area contributed by atoms with Crippen LogP contribution in [0.5, 0.6) is 0 Å². The van der Waals surface area contributed by atoms with E-state index < -0.39 is 29.6 Å². The zero-order valence-electron chi connectivity index (χ0n) is 13.7. The molecule has 0 N–H and O–H groups in total. The number of hydrogen-bond acceptors (Lipinski definition) is 5. The molecule has 1 saturated heterocycles. The number of Topliss-reactive ketones (excluding diaryl/α,β-unsaturated/α-hetero) is 1. The Morgan fingerprint density at radius 2 is 1.69 bits per heavy atom. The second-order valence-corrected chi connectivity index (χ2v) is 6.60. The molecule has 26 heavy (non-hydrogen) atoms. The highest BCUT2D eigenvalue weighted by Crippen LogP contribution is 2.34. The topological polar surface area (TPSA) is 76.0 Å². The van der Waals surface area contributed by atoms with Crippen molar-refractivity contribution >= 4 is 40.6 Å². The summed E-state index contributed by atoms with van der Waals surface area (Å²) in [6.07, 6.45) is -1.11. The number of amides is 2. The molecule has 2 atom stereocenters. The number of benzene rings is 2. The van der Waals surface area contributed by atoms with Crippen LogP contribution in [0.1, 0.15) is 15.9 Å². The van der Waals surface area contributed by atoms with Crippen molar-refractivity contribution in [3.05, 3.63) is 64.7 Å². The third kappa shape index (κ3) is 2.50. The van der Waals surface area contributed by atoms with Gasteiger partial charge in [0.2, 0.25) is 17.8 Å². The monoisotopic (exact) mass is 368 g/mol. The number of rotatable bonds is 3. The first kappa shape index (κ1) is 16.5. The number of ketones is 1. The molecule has 6 nitrogen and oxygen atoms in total. The van der Waals surface area contributed by atoms with Crippen LogP contribution in [0.15, 0.2) is 53.7 Å². The van der Waals surface area contributed by atoms with Crippen LogP contribution in [0.4, 0.5) is 5.69 Å². The van der Waals surface area contributed by atoms with Crippen LogP contribution in [0, 0.1) is 12.8 Å². The molecule has 2 aliphatic heterocycles. The number of hydrogen-bond donors (Lipinski definition) is 0. The van der Waals surface area contributed by atoms with E-state index in [1.165, 1.54) is 0 Å². The van der Waals surface area contributed by atoms with Crippen LogP contribution in [0.3, 0.4) is 0 Å². The number of oxime groups is 1. The number of carbonyl (C=O) groups excluding carboxylic acids is 3. The number of nitrogens with zero attached hydrogens (tertiary/aromatic N) is 2. The summed E-state index contributed by atoms with van der Waals surface area (Å²) >= 11 is 5.85. The third-order valence-corrected chi connectivity index (χ3v) is 4.70. The van der Waals surface area contributed by atoms with E-state index in [4.69, 9.17) is 16.4 Å². The molecule has 7 heteroatoms. The van der Waals surface area contributed by atoms with E-state index in [0.29, 0.717) is 16.3 Å². The molecular weight excluding hydrogens is 356 g/mol. The molecule has 2 aromatic carbocycles. The van der Waals surface area contributed by atoms with E-state index in [2.05, 4.69) is 5.16 Å². The minimum absolute atomic E-state index is 0.0475. The summed E-state index contributed by atoms with van der Waals surface area (Å²) in [5.74, 6) is -2.53. The fraction of sp³-hybridized carbons (Fsp3) is 0.158. The van der Waals surface area contributed by atoms with Gasteiger partial charge in [-0.15, -0.1) is 0 Å². The lowest BCUT2D eigenvalue weighted by Gasteiger charge is -2.15. The Labute approximate surface area is 154 Å². The van der Waals surface area contributed by atoms with Gasteiger partial charge in [0.25, 0.3) is 5.91 Å². The van der Waals surface area contributed by atoms with Crippen molar-refractivity contribution in [1.29, 1.82) is 0 Å². The highest BCUT2D eigenvalue weighted by atomic mass is 35.5. The van der Waals surface area contributed by atoms with Crippen molar-refractivity contribution in [2.24, 2.45) is 11.1 Å². The molecule has 130 valence electrons. The molecule has 2 amide bonds. The first-order chi connectivity index (χ1) is 12.5. The lowest BCUT2D eigenvalue weighted by atomic mass is 9.93. The predicted molar refractivity (Wildman–Crippen MR) is 95.3 cm³/mol. The number of anilines is 1. The molecule has 2 aromatic rings. The maximum Gasteiger partial charge on any atom is 0.278 e. The minimum atomic E-state index is -1.11.